The number of nitro groups is 1. The van der Waals surface area contributed by atoms with E-state index in [0.29, 0.717) is 10.6 Å². The van der Waals surface area contributed by atoms with Crippen LogP contribution in [0.4, 0.5) is 16.5 Å². The zero-order valence-corrected chi connectivity index (χ0v) is 15.1. The van der Waals surface area contributed by atoms with E-state index >= 15 is 0 Å². The monoisotopic (exact) mass is 367 g/mol. The SMILES string of the molecule is CCc1nsc(N2CCN(c3cc(C)c([N+](=O)[O-])cc3Cl)CC2)n1. The van der Waals surface area contributed by atoms with Crippen molar-refractivity contribution in [2.75, 3.05) is 36.0 Å². The summed E-state index contributed by atoms with van der Waals surface area (Å²) in [5.41, 5.74) is 1.54. The van der Waals surface area contributed by atoms with E-state index < -0.39 is 4.92 Å². The molecule has 0 atom stereocenters. The van der Waals surface area contributed by atoms with Crippen molar-refractivity contribution in [3.05, 3.63) is 38.7 Å². The van der Waals surface area contributed by atoms with Gasteiger partial charge in [-0.3, -0.25) is 10.1 Å². The van der Waals surface area contributed by atoms with Crippen molar-refractivity contribution in [1.29, 1.82) is 0 Å². The Morgan fingerprint density at radius 1 is 1.29 bits per heavy atom. The van der Waals surface area contributed by atoms with Crippen molar-refractivity contribution in [1.82, 2.24) is 9.36 Å². The summed E-state index contributed by atoms with van der Waals surface area (Å²) in [6.07, 6.45) is 0.841. The average Bonchev–Trinajstić information content (AvgIpc) is 3.05. The molecule has 0 bridgehead atoms. The van der Waals surface area contributed by atoms with Gasteiger partial charge in [0.05, 0.1) is 15.6 Å². The smallest absolute Gasteiger partial charge is 0.273 e. The Balaban J connectivity index is 1.72. The van der Waals surface area contributed by atoms with Gasteiger partial charge in [-0.2, -0.15) is 4.37 Å². The molecule has 7 nitrogen and oxygen atoms in total. The Morgan fingerprint density at radius 3 is 2.54 bits per heavy atom. The van der Waals surface area contributed by atoms with Crippen LogP contribution in [0.15, 0.2) is 12.1 Å². The van der Waals surface area contributed by atoms with Crippen LogP contribution in [0, 0.1) is 17.0 Å². The molecule has 9 heteroatoms. The predicted molar refractivity (Wildman–Crippen MR) is 96.6 cm³/mol. The molecular weight excluding hydrogens is 350 g/mol. The third kappa shape index (κ3) is 3.29. The summed E-state index contributed by atoms with van der Waals surface area (Å²) in [7, 11) is 0. The third-order valence-electron chi connectivity index (χ3n) is 4.13. The van der Waals surface area contributed by atoms with Gasteiger partial charge in [-0.25, -0.2) is 4.98 Å². The molecule has 0 aliphatic carbocycles. The van der Waals surface area contributed by atoms with Crippen molar-refractivity contribution < 1.29 is 4.92 Å². The minimum absolute atomic E-state index is 0.0586. The average molecular weight is 368 g/mol. The third-order valence-corrected chi connectivity index (χ3v) is 5.24. The van der Waals surface area contributed by atoms with Gasteiger partial charge in [0.15, 0.2) is 0 Å². The molecule has 1 aromatic heterocycles. The number of aromatic nitrogens is 2. The first kappa shape index (κ1) is 16.9. The van der Waals surface area contributed by atoms with Crippen molar-refractivity contribution in [3.8, 4) is 0 Å². The maximum atomic E-state index is 11.0. The van der Waals surface area contributed by atoms with Crippen LogP contribution in [-0.2, 0) is 6.42 Å². The quantitative estimate of drug-likeness (QED) is 0.609. The molecular formula is C15H18ClN5O2S. The highest BCUT2D eigenvalue weighted by molar-refractivity contribution is 7.09. The summed E-state index contributed by atoms with van der Waals surface area (Å²) >= 11 is 7.71. The Labute approximate surface area is 149 Å². The lowest BCUT2D eigenvalue weighted by molar-refractivity contribution is -0.385. The maximum absolute atomic E-state index is 11.0. The number of anilines is 2. The van der Waals surface area contributed by atoms with Gasteiger partial charge in [0.2, 0.25) is 5.13 Å². The molecule has 2 heterocycles. The highest BCUT2D eigenvalue weighted by atomic mass is 35.5. The Morgan fingerprint density at radius 2 is 1.96 bits per heavy atom. The number of nitrogens with zero attached hydrogens (tertiary/aromatic N) is 5. The summed E-state index contributed by atoms with van der Waals surface area (Å²) < 4.78 is 4.33. The molecule has 0 saturated carbocycles. The number of hydrogen-bond donors (Lipinski definition) is 0. The first-order valence-electron chi connectivity index (χ1n) is 7.76. The van der Waals surface area contributed by atoms with Crippen LogP contribution in [0.25, 0.3) is 0 Å². The normalized spacial score (nSPS) is 15.0. The minimum atomic E-state index is -0.399. The fourth-order valence-corrected chi connectivity index (χ4v) is 3.83. The van der Waals surface area contributed by atoms with E-state index in [1.165, 1.54) is 17.6 Å². The zero-order chi connectivity index (χ0) is 17.3. The minimum Gasteiger partial charge on any atom is -0.367 e. The number of nitro benzene ring substituents is 1. The fourth-order valence-electron chi connectivity index (χ4n) is 2.75. The number of aryl methyl sites for hydroxylation is 2. The Kier molecular flexibility index (Phi) is 4.86. The number of benzene rings is 1. The van der Waals surface area contributed by atoms with Crippen LogP contribution >= 0.6 is 23.1 Å². The van der Waals surface area contributed by atoms with Crippen LogP contribution in [0.1, 0.15) is 18.3 Å². The van der Waals surface area contributed by atoms with E-state index in [0.717, 1.165) is 49.2 Å². The number of piperazine rings is 1. The molecule has 1 aromatic carbocycles. The Bertz CT molecular complexity index is 758. The number of hydrogen-bond acceptors (Lipinski definition) is 7. The molecule has 1 fully saturated rings. The van der Waals surface area contributed by atoms with Gasteiger partial charge < -0.3 is 9.80 Å². The maximum Gasteiger partial charge on any atom is 0.273 e. The van der Waals surface area contributed by atoms with Crippen molar-refractivity contribution in [2.45, 2.75) is 20.3 Å². The van der Waals surface area contributed by atoms with Crippen molar-refractivity contribution >= 4 is 39.6 Å². The molecule has 128 valence electrons. The molecule has 3 rings (SSSR count). The molecule has 1 aliphatic rings. The van der Waals surface area contributed by atoms with E-state index in [2.05, 4.69) is 19.2 Å². The second kappa shape index (κ2) is 6.90. The van der Waals surface area contributed by atoms with Gasteiger partial charge in [0, 0.05) is 55.8 Å². The van der Waals surface area contributed by atoms with Crippen LogP contribution in [0.5, 0.6) is 0 Å². The zero-order valence-electron chi connectivity index (χ0n) is 13.5. The number of rotatable bonds is 4. The molecule has 0 N–H and O–H groups in total. The molecule has 1 aliphatic heterocycles. The topological polar surface area (TPSA) is 75.4 Å². The molecule has 0 radical (unpaired) electrons. The van der Waals surface area contributed by atoms with Crippen molar-refractivity contribution in [2.24, 2.45) is 0 Å². The Hall–Kier alpha value is -1.93. The summed E-state index contributed by atoms with van der Waals surface area (Å²) in [6.45, 7) is 7.01. The van der Waals surface area contributed by atoms with Crippen LogP contribution in [-0.4, -0.2) is 40.5 Å². The van der Waals surface area contributed by atoms with Gasteiger partial charge in [0.25, 0.3) is 5.69 Å². The summed E-state index contributed by atoms with van der Waals surface area (Å²) in [5, 5.41) is 12.4. The molecule has 0 amide bonds. The highest BCUT2D eigenvalue weighted by Crippen LogP contribution is 2.33. The van der Waals surface area contributed by atoms with E-state index in [4.69, 9.17) is 11.6 Å². The first-order valence-corrected chi connectivity index (χ1v) is 8.91. The summed E-state index contributed by atoms with van der Waals surface area (Å²) in [6, 6.07) is 3.24. The van der Waals surface area contributed by atoms with Crippen LogP contribution in [0.3, 0.4) is 0 Å². The summed E-state index contributed by atoms with van der Waals surface area (Å²) in [4.78, 5) is 19.5. The van der Waals surface area contributed by atoms with Crippen LogP contribution in [0.2, 0.25) is 5.02 Å². The molecule has 1 saturated heterocycles. The van der Waals surface area contributed by atoms with Gasteiger partial charge >= 0.3 is 0 Å². The predicted octanol–water partition coefficient (Wildman–Crippen LogP) is 3.30. The van der Waals surface area contributed by atoms with Crippen LogP contribution < -0.4 is 9.80 Å². The van der Waals surface area contributed by atoms with E-state index in [1.807, 2.05) is 6.92 Å². The largest absolute Gasteiger partial charge is 0.367 e. The first-order chi connectivity index (χ1) is 11.5. The van der Waals surface area contributed by atoms with E-state index in [1.54, 1.807) is 13.0 Å². The van der Waals surface area contributed by atoms with Gasteiger partial charge in [-0.1, -0.05) is 18.5 Å². The molecule has 0 unspecified atom stereocenters. The molecule has 2 aromatic rings. The number of halogens is 1. The lowest BCUT2D eigenvalue weighted by atomic mass is 10.1. The highest BCUT2D eigenvalue weighted by Gasteiger charge is 2.23. The summed E-state index contributed by atoms with van der Waals surface area (Å²) in [5.74, 6) is 0.881. The molecule has 0 spiro atoms. The lowest BCUT2D eigenvalue weighted by Crippen LogP contribution is -2.46. The van der Waals surface area contributed by atoms with Crippen molar-refractivity contribution in [3.63, 3.8) is 0 Å². The fraction of sp³-hybridized carbons (Fsp3) is 0.467. The second-order valence-electron chi connectivity index (χ2n) is 5.67. The molecule has 24 heavy (non-hydrogen) atoms. The van der Waals surface area contributed by atoms with E-state index in [-0.39, 0.29) is 5.69 Å². The van der Waals surface area contributed by atoms with E-state index in [9.17, 15) is 10.1 Å². The van der Waals surface area contributed by atoms with Gasteiger partial charge in [0.1, 0.15) is 5.82 Å². The van der Waals surface area contributed by atoms with Gasteiger partial charge in [-0.05, 0) is 13.0 Å². The lowest BCUT2D eigenvalue weighted by Gasteiger charge is -2.36. The van der Waals surface area contributed by atoms with Gasteiger partial charge in [-0.15, -0.1) is 0 Å². The second-order valence-corrected chi connectivity index (χ2v) is 6.81. The standard InChI is InChI=1S/C15H18ClN5O2S/c1-3-14-17-15(24-18-14)20-6-4-19(5-7-20)13-8-10(2)12(21(22)23)9-11(13)16/h8-9H,3-7H2,1-2H3.